The third kappa shape index (κ3) is 2.28. The van der Waals surface area contributed by atoms with E-state index in [1.807, 2.05) is 36.4 Å². The summed E-state index contributed by atoms with van der Waals surface area (Å²) >= 11 is 0. The highest BCUT2D eigenvalue weighted by molar-refractivity contribution is 6.05. The molecule has 23 heavy (non-hydrogen) atoms. The molecule has 0 unspecified atom stereocenters. The number of nitrogens with zero attached hydrogens (tertiary/aromatic N) is 1. The van der Waals surface area contributed by atoms with Crippen LogP contribution in [0.25, 0.3) is 22.0 Å². The zero-order chi connectivity index (χ0) is 15.8. The second kappa shape index (κ2) is 5.48. The van der Waals surface area contributed by atoms with Crippen molar-refractivity contribution in [3.8, 4) is 5.75 Å². The minimum absolute atomic E-state index is 0.0917. The Morgan fingerprint density at radius 1 is 1.04 bits per heavy atom. The van der Waals surface area contributed by atoms with Gasteiger partial charge in [0.15, 0.2) is 5.58 Å². The third-order valence-electron chi connectivity index (χ3n) is 4.15. The lowest BCUT2D eigenvalue weighted by Gasteiger charge is -2.07. The maximum absolute atomic E-state index is 9.35. The molecule has 0 aliphatic rings. The van der Waals surface area contributed by atoms with Crippen molar-refractivity contribution in [2.24, 2.45) is 0 Å². The molecule has 0 saturated heterocycles. The fourth-order valence-corrected chi connectivity index (χ4v) is 3.02. The second-order valence-electron chi connectivity index (χ2n) is 5.54. The molecule has 116 valence electrons. The number of para-hydroxylation sites is 1. The molecule has 0 bridgehead atoms. The number of methoxy groups -OCH3 is 1. The van der Waals surface area contributed by atoms with Gasteiger partial charge in [-0.05, 0) is 29.8 Å². The van der Waals surface area contributed by atoms with Gasteiger partial charge in [-0.2, -0.15) is 0 Å². The predicted octanol–water partition coefficient (Wildman–Crippen LogP) is 3.94. The SMILES string of the molecule is COc1ccc(Cn2c3ccccc3c3oc(CO)cc32)cc1. The monoisotopic (exact) mass is 307 g/mol. The Morgan fingerprint density at radius 2 is 1.83 bits per heavy atom. The Bertz CT molecular complexity index is 964. The number of hydrogen-bond acceptors (Lipinski definition) is 3. The van der Waals surface area contributed by atoms with E-state index in [9.17, 15) is 5.11 Å². The van der Waals surface area contributed by atoms with Crippen LogP contribution in [0.3, 0.4) is 0 Å². The Kier molecular flexibility index (Phi) is 3.32. The van der Waals surface area contributed by atoms with Gasteiger partial charge in [-0.25, -0.2) is 0 Å². The number of hydrogen-bond donors (Lipinski definition) is 1. The van der Waals surface area contributed by atoms with Crippen LogP contribution in [0, 0.1) is 0 Å². The molecule has 0 fully saturated rings. The lowest BCUT2D eigenvalue weighted by molar-refractivity contribution is 0.251. The van der Waals surface area contributed by atoms with Crippen molar-refractivity contribution < 1.29 is 14.3 Å². The van der Waals surface area contributed by atoms with Gasteiger partial charge in [0.05, 0.1) is 18.1 Å². The molecular formula is C19H17NO3. The van der Waals surface area contributed by atoms with Gasteiger partial charge in [-0.15, -0.1) is 0 Å². The van der Waals surface area contributed by atoms with E-state index in [1.165, 1.54) is 5.56 Å². The van der Waals surface area contributed by atoms with E-state index >= 15 is 0 Å². The van der Waals surface area contributed by atoms with E-state index in [2.05, 4.69) is 22.8 Å². The Labute approximate surface area is 133 Å². The van der Waals surface area contributed by atoms with E-state index < -0.39 is 0 Å². The van der Waals surface area contributed by atoms with Gasteiger partial charge < -0.3 is 18.8 Å². The Morgan fingerprint density at radius 3 is 2.57 bits per heavy atom. The molecule has 1 N–H and O–H groups in total. The molecule has 0 aliphatic carbocycles. The summed E-state index contributed by atoms with van der Waals surface area (Å²) in [6.07, 6.45) is 0. The number of fused-ring (bicyclic) bond motifs is 3. The molecule has 4 nitrogen and oxygen atoms in total. The van der Waals surface area contributed by atoms with E-state index in [-0.39, 0.29) is 6.61 Å². The topological polar surface area (TPSA) is 47.5 Å². The minimum atomic E-state index is -0.0917. The number of aliphatic hydroxyl groups is 1. The summed E-state index contributed by atoms with van der Waals surface area (Å²) in [5, 5.41) is 10.4. The van der Waals surface area contributed by atoms with Crippen molar-refractivity contribution in [1.29, 1.82) is 0 Å². The van der Waals surface area contributed by atoms with Crippen LogP contribution in [-0.4, -0.2) is 16.8 Å². The molecular weight excluding hydrogens is 290 g/mol. The zero-order valence-electron chi connectivity index (χ0n) is 12.8. The van der Waals surface area contributed by atoms with Gasteiger partial charge in [-0.1, -0.05) is 24.3 Å². The summed E-state index contributed by atoms with van der Waals surface area (Å²) in [4.78, 5) is 0. The number of ether oxygens (including phenoxy) is 1. The lowest BCUT2D eigenvalue weighted by Crippen LogP contribution is -1.99. The highest BCUT2D eigenvalue weighted by Gasteiger charge is 2.15. The first-order chi connectivity index (χ1) is 11.3. The van der Waals surface area contributed by atoms with Gasteiger partial charge in [0, 0.05) is 18.0 Å². The Balaban J connectivity index is 1.86. The van der Waals surface area contributed by atoms with E-state index in [4.69, 9.17) is 9.15 Å². The fourth-order valence-electron chi connectivity index (χ4n) is 3.02. The van der Waals surface area contributed by atoms with Crippen LogP contribution in [0.5, 0.6) is 5.75 Å². The maximum atomic E-state index is 9.35. The van der Waals surface area contributed by atoms with Crippen molar-refractivity contribution >= 4 is 22.0 Å². The largest absolute Gasteiger partial charge is 0.497 e. The Hall–Kier alpha value is -2.72. The first-order valence-corrected chi connectivity index (χ1v) is 7.53. The molecule has 0 saturated carbocycles. The molecule has 0 atom stereocenters. The normalized spacial score (nSPS) is 11.4. The van der Waals surface area contributed by atoms with E-state index in [1.54, 1.807) is 7.11 Å². The van der Waals surface area contributed by atoms with Gasteiger partial charge in [-0.3, -0.25) is 0 Å². The molecule has 0 aliphatic heterocycles. The quantitative estimate of drug-likeness (QED) is 0.621. The zero-order valence-corrected chi connectivity index (χ0v) is 12.8. The molecule has 2 aromatic carbocycles. The lowest BCUT2D eigenvalue weighted by atomic mass is 10.2. The summed E-state index contributed by atoms with van der Waals surface area (Å²) in [5.74, 6) is 1.44. The average Bonchev–Trinajstić information content (AvgIpc) is 3.14. The maximum Gasteiger partial charge on any atom is 0.160 e. The number of benzene rings is 2. The molecule has 4 aromatic rings. The van der Waals surface area contributed by atoms with Crippen molar-refractivity contribution in [1.82, 2.24) is 4.57 Å². The van der Waals surface area contributed by atoms with Crippen LogP contribution in [0.2, 0.25) is 0 Å². The molecule has 0 spiro atoms. The van der Waals surface area contributed by atoms with Crippen LogP contribution in [-0.2, 0) is 13.2 Å². The van der Waals surface area contributed by atoms with E-state index in [0.29, 0.717) is 5.76 Å². The van der Waals surface area contributed by atoms with Crippen LogP contribution in [0.1, 0.15) is 11.3 Å². The average molecular weight is 307 g/mol. The number of aromatic nitrogens is 1. The molecule has 2 heterocycles. The van der Waals surface area contributed by atoms with Gasteiger partial charge in [0.1, 0.15) is 18.1 Å². The van der Waals surface area contributed by atoms with E-state index in [0.717, 1.165) is 34.3 Å². The molecule has 4 rings (SSSR count). The van der Waals surface area contributed by atoms with Gasteiger partial charge in [0.25, 0.3) is 0 Å². The highest BCUT2D eigenvalue weighted by Crippen LogP contribution is 2.32. The summed E-state index contributed by atoms with van der Waals surface area (Å²) in [6.45, 7) is 0.643. The highest BCUT2D eigenvalue weighted by atomic mass is 16.5. The van der Waals surface area contributed by atoms with Crippen LogP contribution in [0.15, 0.2) is 59.0 Å². The summed E-state index contributed by atoms with van der Waals surface area (Å²) in [6, 6.07) is 18.1. The smallest absolute Gasteiger partial charge is 0.160 e. The van der Waals surface area contributed by atoms with Gasteiger partial charge >= 0.3 is 0 Å². The second-order valence-corrected chi connectivity index (χ2v) is 5.54. The molecule has 0 amide bonds. The van der Waals surface area contributed by atoms with Crippen LogP contribution in [0.4, 0.5) is 0 Å². The third-order valence-corrected chi connectivity index (χ3v) is 4.15. The van der Waals surface area contributed by atoms with Crippen LogP contribution >= 0.6 is 0 Å². The van der Waals surface area contributed by atoms with Crippen molar-refractivity contribution in [3.63, 3.8) is 0 Å². The first-order valence-electron chi connectivity index (χ1n) is 7.53. The van der Waals surface area contributed by atoms with Crippen LogP contribution < -0.4 is 4.74 Å². The summed E-state index contributed by atoms with van der Waals surface area (Å²) in [5.41, 5.74) is 4.14. The molecule has 4 heteroatoms. The predicted molar refractivity (Wildman–Crippen MR) is 89.7 cm³/mol. The minimum Gasteiger partial charge on any atom is -0.497 e. The standard InChI is InChI=1S/C19H17NO3/c1-22-14-8-6-13(7-9-14)11-20-17-5-3-2-4-16(17)19-18(20)10-15(12-21)23-19/h2-10,21H,11-12H2,1H3. The van der Waals surface area contributed by atoms with Crippen molar-refractivity contribution in [2.75, 3.05) is 7.11 Å². The van der Waals surface area contributed by atoms with Crippen molar-refractivity contribution in [2.45, 2.75) is 13.2 Å². The fraction of sp³-hybridized carbons (Fsp3) is 0.158. The van der Waals surface area contributed by atoms with Crippen molar-refractivity contribution in [3.05, 3.63) is 65.9 Å². The first kappa shape index (κ1) is 13.9. The van der Waals surface area contributed by atoms with Gasteiger partial charge in [0.2, 0.25) is 0 Å². The summed E-state index contributed by atoms with van der Waals surface area (Å²) < 4.78 is 13.2. The number of furan rings is 1. The molecule has 0 radical (unpaired) electrons. The number of rotatable bonds is 4. The number of aliphatic hydroxyl groups excluding tert-OH is 1. The summed E-state index contributed by atoms with van der Waals surface area (Å²) in [7, 11) is 1.67. The molecule has 2 aromatic heterocycles.